The van der Waals surface area contributed by atoms with Crippen LogP contribution in [0, 0.1) is 6.92 Å². The number of carbonyl (C=O) groups is 1. The number of nitrogens with zero attached hydrogens (tertiary/aromatic N) is 3. The molecule has 1 aromatic carbocycles. The molecular formula is C18H18F3N5O. The second-order valence-corrected chi connectivity index (χ2v) is 5.96. The summed E-state index contributed by atoms with van der Waals surface area (Å²) in [5.74, 6) is 0.412. The summed E-state index contributed by atoms with van der Waals surface area (Å²) in [6.45, 7) is 1.99. The highest BCUT2D eigenvalue weighted by molar-refractivity contribution is 5.76. The molecule has 0 aliphatic heterocycles. The van der Waals surface area contributed by atoms with Crippen LogP contribution in [0.15, 0.2) is 42.9 Å². The summed E-state index contributed by atoms with van der Waals surface area (Å²) < 4.78 is 40.7. The highest BCUT2D eigenvalue weighted by Gasteiger charge is 2.32. The number of alkyl halides is 3. The molecule has 3 aromatic rings. The fraction of sp³-hybridized carbons (Fsp3) is 0.278. The number of rotatable bonds is 6. The minimum Gasteiger partial charge on any atom is -0.369 e. The minimum absolute atomic E-state index is 0.0384. The Morgan fingerprint density at radius 2 is 2.04 bits per heavy atom. The third-order valence-corrected chi connectivity index (χ3v) is 4.05. The SMILES string of the molecule is Cc1nc2cnccn2c1NCCC(=O)NCc1ccccc1C(F)(F)F. The Hall–Kier alpha value is -3.10. The van der Waals surface area contributed by atoms with Crippen LogP contribution in [0.1, 0.15) is 23.2 Å². The van der Waals surface area contributed by atoms with Gasteiger partial charge >= 0.3 is 6.18 Å². The monoisotopic (exact) mass is 377 g/mol. The van der Waals surface area contributed by atoms with E-state index in [0.29, 0.717) is 12.2 Å². The summed E-state index contributed by atoms with van der Waals surface area (Å²) in [6.07, 6.45) is 0.684. The Morgan fingerprint density at radius 3 is 2.81 bits per heavy atom. The van der Waals surface area contributed by atoms with Crippen molar-refractivity contribution in [2.75, 3.05) is 11.9 Å². The second-order valence-electron chi connectivity index (χ2n) is 5.96. The molecule has 0 bridgehead atoms. The molecule has 0 saturated carbocycles. The Labute approximate surface area is 153 Å². The van der Waals surface area contributed by atoms with Gasteiger partial charge in [0.05, 0.1) is 17.5 Å². The lowest BCUT2D eigenvalue weighted by Gasteiger charge is -2.13. The van der Waals surface area contributed by atoms with Gasteiger partial charge in [0.2, 0.25) is 5.91 Å². The lowest BCUT2D eigenvalue weighted by atomic mass is 10.1. The Bertz CT molecular complexity index is 952. The van der Waals surface area contributed by atoms with Crippen LogP contribution in [-0.4, -0.2) is 26.8 Å². The number of hydrogen-bond acceptors (Lipinski definition) is 4. The lowest BCUT2D eigenvalue weighted by Crippen LogP contribution is -2.26. The summed E-state index contributed by atoms with van der Waals surface area (Å²) in [5.41, 5.74) is 0.753. The van der Waals surface area contributed by atoms with Gasteiger partial charge in [0.15, 0.2) is 5.65 Å². The van der Waals surface area contributed by atoms with Crippen molar-refractivity contribution in [3.05, 3.63) is 59.7 Å². The summed E-state index contributed by atoms with van der Waals surface area (Å²) in [7, 11) is 0. The van der Waals surface area contributed by atoms with E-state index in [2.05, 4.69) is 20.6 Å². The molecule has 1 amide bonds. The first-order valence-electron chi connectivity index (χ1n) is 8.30. The summed E-state index contributed by atoms with van der Waals surface area (Å²) in [5, 5.41) is 5.66. The average Bonchev–Trinajstić information content (AvgIpc) is 2.95. The van der Waals surface area contributed by atoms with Gasteiger partial charge in [0.25, 0.3) is 0 Å². The van der Waals surface area contributed by atoms with Gasteiger partial charge in [-0.25, -0.2) is 4.98 Å². The van der Waals surface area contributed by atoms with E-state index >= 15 is 0 Å². The number of carbonyl (C=O) groups excluding carboxylic acids is 1. The molecule has 0 saturated heterocycles. The van der Waals surface area contributed by atoms with E-state index in [-0.39, 0.29) is 24.4 Å². The van der Waals surface area contributed by atoms with Crippen molar-refractivity contribution in [2.24, 2.45) is 0 Å². The van der Waals surface area contributed by atoms with E-state index < -0.39 is 11.7 Å². The fourth-order valence-electron chi connectivity index (χ4n) is 2.77. The van der Waals surface area contributed by atoms with Crippen LogP contribution in [0.2, 0.25) is 0 Å². The van der Waals surface area contributed by atoms with Crippen LogP contribution in [-0.2, 0) is 17.5 Å². The first-order chi connectivity index (χ1) is 12.9. The van der Waals surface area contributed by atoms with Gasteiger partial charge in [-0.1, -0.05) is 18.2 Å². The standard InChI is InChI=1S/C18H18F3N5O/c1-12-17(26-9-8-22-11-15(26)25-12)23-7-6-16(27)24-10-13-4-2-3-5-14(13)18(19,20)21/h2-5,8-9,11,23H,6-7,10H2,1H3,(H,24,27). The van der Waals surface area contributed by atoms with Crippen LogP contribution in [0.5, 0.6) is 0 Å². The number of aryl methyl sites for hydroxylation is 1. The molecule has 142 valence electrons. The smallest absolute Gasteiger partial charge is 0.369 e. The Kier molecular flexibility index (Phi) is 5.29. The number of fused-ring (bicyclic) bond motifs is 1. The number of amides is 1. The molecule has 0 fully saturated rings. The summed E-state index contributed by atoms with van der Waals surface area (Å²) in [4.78, 5) is 20.3. The molecule has 0 radical (unpaired) electrons. The van der Waals surface area contributed by atoms with Crippen LogP contribution in [0.3, 0.4) is 0 Å². The first kappa shape index (κ1) is 18.7. The molecule has 0 aliphatic carbocycles. The number of imidazole rings is 1. The topological polar surface area (TPSA) is 71.3 Å². The molecule has 27 heavy (non-hydrogen) atoms. The third kappa shape index (κ3) is 4.36. The van der Waals surface area contributed by atoms with Gasteiger partial charge in [-0.05, 0) is 18.6 Å². The molecule has 2 heterocycles. The summed E-state index contributed by atoms with van der Waals surface area (Å²) in [6, 6.07) is 5.20. The number of hydrogen-bond donors (Lipinski definition) is 2. The quantitative estimate of drug-likeness (QED) is 0.692. The maximum atomic E-state index is 13.0. The first-order valence-corrected chi connectivity index (χ1v) is 8.30. The number of anilines is 1. The molecular weight excluding hydrogens is 359 g/mol. The molecule has 0 aliphatic rings. The molecule has 0 unspecified atom stereocenters. The molecule has 9 heteroatoms. The van der Waals surface area contributed by atoms with Crippen LogP contribution >= 0.6 is 0 Å². The van der Waals surface area contributed by atoms with Crippen molar-refractivity contribution >= 4 is 17.4 Å². The van der Waals surface area contributed by atoms with Crippen molar-refractivity contribution in [3.8, 4) is 0 Å². The number of benzene rings is 1. The zero-order valence-electron chi connectivity index (χ0n) is 14.5. The van der Waals surface area contributed by atoms with E-state index in [4.69, 9.17) is 0 Å². The lowest BCUT2D eigenvalue weighted by molar-refractivity contribution is -0.138. The largest absolute Gasteiger partial charge is 0.416 e. The van der Waals surface area contributed by atoms with Gasteiger partial charge in [-0.2, -0.15) is 13.2 Å². The third-order valence-electron chi connectivity index (χ3n) is 4.05. The van der Waals surface area contributed by atoms with Gasteiger partial charge in [-0.3, -0.25) is 14.2 Å². The van der Waals surface area contributed by atoms with Crippen molar-refractivity contribution in [3.63, 3.8) is 0 Å². The molecule has 6 nitrogen and oxygen atoms in total. The normalized spacial score (nSPS) is 11.6. The van der Waals surface area contributed by atoms with Crippen molar-refractivity contribution in [2.45, 2.75) is 26.1 Å². The maximum absolute atomic E-state index is 13.0. The van der Waals surface area contributed by atoms with Crippen LogP contribution < -0.4 is 10.6 Å². The summed E-state index contributed by atoms with van der Waals surface area (Å²) >= 11 is 0. The highest BCUT2D eigenvalue weighted by atomic mass is 19.4. The zero-order chi connectivity index (χ0) is 19.4. The molecule has 2 aromatic heterocycles. The molecule has 3 rings (SSSR count). The number of aromatic nitrogens is 3. The number of halogens is 3. The van der Waals surface area contributed by atoms with E-state index in [9.17, 15) is 18.0 Å². The predicted molar refractivity (Wildman–Crippen MR) is 94.1 cm³/mol. The van der Waals surface area contributed by atoms with Crippen molar-refractivity contribution in [1.29, 1.82) is 0 Å². The van der Waals surface area contributed by atoms with Gasteiger partial charge in [0.1, 0.15) is 5.82 Å². The predicted octanol–water partition coefficient (Wildman–Crippen LogP) is 3.17. The Balaban J connectivity index is 1.54. The van der Waals surface area contributed by atoms with E-state index in [1.807, 2.05) is 11.3 Å². The van der Waals surface area contributed by atoms with Gasteiger partial charge < -0.3 is 10.6 Å². The second kappa shape index (κ2) is 7.65. The van der Waals surface area contributed by atoms with Gasteiger partial charge in [-0.15, -0.1) is 0 Å². The van der Waals surface area contributed by atoms with E-state index in [1.165, 1.54) is 18.2 Å². The van der Waals surface area contributed by atoms with Gasteiger partial charge in [0, 0.05) is 31.9 Å². The zero-order valence-corrected chi connectivity index (χ0v) is 14.5. The molecule has 0 atom stereocenters. The highest BCUT2D eigenvalue weighted by Crippen LogP contribution is 2.31. The Morgan fingerprint density at radius 1 is 1.26 bits per heavy atom. The average molecular weight is 377 g/mol. The van der Waals surface area contributed by atoms with Crippen molar-refractivity contribution < 1.29 is 18.0 Å². The van der Waals surface area contributed by atoms with E-state index in [0.717, 1.165) is 17.6 Å². The van der Waals surface area contributed by atoms with Crippen molar-refractivity contribution in [1.82, 2.24) is 19.7 Å². The number of nitrogens with one attached hydrogen (secondary N) is 2. The molecule has 2 N–H and O–H groups in total. The maximum Gasteiger partial charge on any atom is 0.416 e. The molecule has 0 spiro atoms. The fourth-order valence-corrected chi connectivity index (χ4v) is 2.77. The minimum atomic E-state index is -4.45. The van der Waals surface area contributed by atoms with E-state index in [1.54, 1.807) is 18.6 Å². The van der Waals surface area contributed by atoms with Crippen LogP contribution in [0.4, 0.5) is 19.0 Å². The van der Waals surface area contributed by atoms with Crippen LogP contribution in [0.25, 0.3) is 5.65 Å².